The van der Waals surface area contributed by atoms with Crippen LogP contribution in [0.25, 0.3) is 11.1 Å². The number of nitrogens with zero attached hydrogens (tertiary/aromatic N) is 2. The summed E-state index contributed by atoms with van der Waals surface area (Å²) in [4.78, 5) is 4.04. The highest BCUT2D eigenvalue weighted by atomic mass is 35.5. The zero-order chi connectivity index (χ0) is 12.6. The topological polar surface area (TPSA) is 68.8 Å². The van der Waals surface area contributed by atoms with Crippen LogP contribution in [0.1, 0.15) is 0 Å². The van der Waals surface area contributed by atoms with E-state index in [0.29, 0.717) is 27.4 Å². The third-order valence-electron chi connectivity index (χ3n) is 2.44. The minimum Gasteiger partial charge on any atom is -0.369 e. The molecule has 2 rings (SSSR count). The second kappa shape index (κ2) is 4.39. The van der Waals surface area contributed by atoms with Gasteiger partial charge in [-0.3, -0.25) is 5.73 Å². The van der Waals surface area contributed by atoms with Crippen molar-refractivity contribution in [1.29, 1.82) is 0 Å². The summed E-state index contributed by atoms with van der Waals surface area (Å²) in [5, 5.41) is 0.926. The molecule has 0 fully saturated rings. The van der Waals surface area contributed by atoms with E-state index >= 15 is 0 Å². The third kappa shape index (κ3) is 2.14. The van der Waals surface area contributed by atoms with Crippen LogP contribution < -0.4 is 16.0 Å². The number of hydrogen-bond donors (Lipinski definition) is 2. The molecule has 0 aliphatic carbocycles. The number of hydrogen-bond acceptors (Lipinski definition) is 3. The highest BCUT2D eigenvalue weighted by Crippen LogP contribution is 2.34. The molecule has 4 N–H and O–H groups in total. The molecule has 0 aliphatic rings. The molecule has 0 aliphatic heterocycles. The lowest BCUT2D eigenvalue weighted by Crippen LogP contribution is -2.33. The van der Waals surface area contributed by atoms with Crippen LogP contribution in [0.5, 0.6) is 0 Å². The number of aryl methyl sites for hydroxylation is 1. The second-order valence-corrected chi connectivity index (χ2v) is 4.40. The van der Waals surface area contributed by atoms with Gasteiger partial charge in [-0.05, 0) is 6.07 Å². The van der Waals surface area contributed by atoms with Gasteiger partial charge in [-0.2, -0.15) is 0 Å². The van der Waals surface area contributed by atoms with E-state index in [1.165, 1.54) is 0 Å². The van der Waals surface area contributed by atoms with Gasteiger partial charge in [-0.15, -0.1) is 0 Å². The molecule has 2 aromatic rings. The molecule has 88 valence electrons. The van der Waals surface area contributed by atoms with E-state index < -0.39 is 0 Å². The average molecular weight is 270 g/mol. The standard InChI is InChI=1S/C11H10Cl2N4/c1-17-5-7(10(14)16-11(17)15)6-3-2-4-8(12)9(6)13/h2-5H,1H3,(H3,14,15,16)/p+1. The zero-order valence-corrected chi connectivity index (χ0v) is 10.6. The van der Waals surface area contributed by atoms with Gasteiger partial charge in [0.1, 0.15) is 0 Å². The van der Waals surface area contributed by atoms with Crippen LogP contribution in [0.15, 0.2) is 24.4 Å². The average Bonchev–Trinajstić information content (AvgIpc) is 2.28. The summed E-state index contributed by atoms with van der Waals surface area (Å²) in [6.07, 6.45) is 1.77. The van der Waals surface area contributed by atoms with Crippen molar-refractivity contribution in [3.8, 4) is 11.1 Å². The van der Waals surface area contributed by atoms with Crippen LogP contribution >= 0.6 is 23.2 Å². The number of rotatable bonds is 1. The fourth-order valence-corrected chi connectivity index (χ4v) is 1.91. The molecule has 0 amide bonds. The van der Waals surface area contributed by atoms with E-state index in [9.17, 15) is 0 Å². The van der Waals surface area contributed by atoms with Crippen molar-refractivity contribution in [2.75, 3.05) is 11.5 Å². The highest BCUT2D eigenvalue weighted by molar-refractivity contribution is 6.43. The van der Waals surface area contributed by atoms with Crippen LogP contribution in [-0.2, 0) is 7.05 Å². The molecule has 0 atom stereocenters. The van der Waals surface area contributed by atoms with Crippen molar-refractivity contribution in [2.45, 2.75) is 0 Å². The first-order chi connectivity index (χ1) is 8.00. The SMILES string of the molecule is C[n+]1cc(-c2cccc(Cl)c2Cl)c(N)nc1N. The minimum absolute atomic E-state index is 0.324. The van der Waals surface area contributed by atoms with Gasteiger partial charge >= 0.3 is 5.95 Å². The lowest BCUT2D eigenvalue weighted by atomic mass is 10.1. The van der Waals surface area contributed by atoms with Gasteiger partial charge in [0.2, 0.25) is 5.82 Å². The lowest BCUT2D eigenvalue weighted by molar-refractivity contribution is -0.658. The highest BCUT2D eigenvalue weighted by Gasteiger charge is 2.16. The summed E-state index contributed by atoms with van der Waals surface area (Å²) in [7, 11) is 1.78. The van der Waals surface area contributed by atoms with Crippen LogP contribution in [0.4, 0.5) is 11.8 Å². The Kier molecular flexibility index (Phi) is 3.09. The molecule has 1 aromatic heterocycles. The fraction of sp³-hybridized carbons (Fsp3) is 0.0909. The first-order valence-corrected chi connectivity index (χ1v) is 5.62. The van der Waals surface area contributed by atoms with Crippen molar-refractivity contribution in [2.24, 2.45) is 7.05 Å². The summed E-state index contributed by atoms with van der Waals surface area (Å²) in [6.45, 7) is 0. The normalized spacial score (nSPS) is 10.5. The summed E-state index contributed by atoms with van der Waals surface area (Å²) in [6, 6.07) is 5.35. The zero-order valence-electron chi connectivity index (χ0n) is 9.11. The van der Waals surface area contributed by atoms with E-state index in [-0.39, 0.29) is 0 Å². The maximum absolute atomic E-state index is 6.14. The Morgan fingerprint density at radius 2 is 1.88 bits per heavy atom. The predicted octanol–water partition coefficient (Wildman–Crippen LogP) is 2.04. The van der Waals surface area contributed by atoms with Gasteiger partial charge in [0.15, 0.2) is 0 Å². The largest absolute Gasteiger partial charge is 0.391 e. The van der Waals surface area contributed by atoms with Gasteiger partial charge in [-0.25, -0.2) is 4.57 Å². The Morgan fingerprint density at radius 3 is 2.59 bits per heavy atom. The summed E-state index contributed by atoms with van der Waals surface area (Å²) >= 11 is 12.1. The Labute approximate surface area is 109 Å². The molecule has 0 saturated carbocycles. The predicted molar refractivity (Wildman–Crippen MR) is 69.7 cm³/mol. The number of nitrogens with two attached hydrogens (primary N) is 2. The van der Waals surface area contributed by atoms with E-state index in [1.54, 1.807) is 29.9 Å². The summed E-state index contributed by atoms with van der Waals surface area (Å²) in [5.41, 5.74) is 12.9. The molecule has 17 heavy (non-hydrogen) atoms. The molecule has 4 nitrogen and oxygen atoms in total. The van der Waals surface area contributed by atoms with Gasteiger partial charge in [0, 0.05) is 5.56 Å². The second-order valence-electron chi connectivity index (χ2n) is 3.61. The monoisotopic (exact) mass is 269 g/mol. The number of aromatic nitrogens is 2. The molecule has 0 saturated heterocycles. The first kappa shape index (κ1) is 12.0. The van der Waals surface area contributed by atoms with Crippen molar-refractivity contribution in [3.05, 3.63) is 34.4 Å². The molecule has 0 unspecified atom stereocenters. The van der Waals surface area contributed by atoms with Crippen LogP contribution in [-0.4, -0.2) is 4.98 Å². The fourth-order valence-electron chi connectivity index (χ4n) is 1.51. The summed E-state index contributed by atoms with van der Waals surface area (Å²) < 4.78 is 1.67. The molecule has 0 bridgehead atoms. The third-order valence-corrected chi connectivity index (χ3v) is 3.26. The Bertz CT molecular complexity index is 584. The van der Waals surface area contributed by atoms with Crippen molar-refractivity contribution < 1.29 is 4.57 Å². The first-order valence-electron chi connectivity index (χ1n) is 4.86. The van der Waals surface area contributed by atoms with Crippen LogP contribution in [0, 0.1) is 0 Å². The lowest BCUT2D eigenvalue weighted by Gasteiger charge is -2.07. The minimum atomic E-state index is 0.324. The number of anilines is 2. The molecular weight excluding hydrogens is 259 g/mol. The maximum atomic E-state index is 6.14. The van der Waals surface area contributed by atoms with Gasteiger partial charge < -0.3 is 5.73 Å². The van der Waals surface area contributed by atoms with Gasteiger partial charge in [0.25, 0.3) is 0 Å². The van der Waals surface area contributed by atoms with Crippen LogP contribution in [0.3, 0.4) is 0 Å². The van der Waals surface area contributed by atoms with E-state index in [4.69, 9.17) is 34.7 Å². The number of halogens is 2. The van der Waals surface area contributed by atoms with E-state index in [2.05, 4.69) is 4.98 Å². The molecular formula is C11H11Cl2N4+. The summed E-state index contributed by atoms with van der Waals surface area (Å²) in [5.74, 6) is 0.661. The van der Waals surface area contributed by atoms with Gasteiger partial charge in [-0.1, -0.05) is 40.3 Å². The number of benzene rings is 1. The Hall–Kier alpha value is -1.52. The number of nitrogen functional groups attached to an aromatic ring is 2. The Balaban J connectivity index is 2.69. The Morgan fingerprint density at radius 1 is 1.18 bits per heavy atom. The van der Waals surface area contributed by atoms with Crippen molar-refractivity contribution in [3.63, 3.8) is 0 Å². The molecule has 1 aromatic carbocycles. The van der Waals surface area contributed by atoms with Gasteiger partial charge in [0.05, 0.1) is 28.9 Å². The van der Waals surface area contributed by atoms with Crippen LogP contribution in [0.2, 0.25) is 10.0 Å². The van der Waals surface area contributed by atoms with Crippen molar-refractivity contribution >= 4 is 35.0 Å². The molecule has 0 radical (unpaired) electrons. The molecule has 1 heterocycles. The molecule has 0 spiro atoms. The molecule has 6 heteroatoms. The maximum Gasteiger partial charge on any atom is 0.391 e. The van der Waals surface area contributed by atoms with Crippen molar-refractivity contribution in [1.82, 2.24) is 4.98 Å². The quantitative estimate of drug-likeness (QED) is 0.779. The van der Waals surface area contributed by atoms with E-state index in [0.717, 1.165) is 5.56 Å². The van der Waals surface area contributed by atoms with E-state index in [1.807, 2.05) is 6.07 Å². The smallest absolute Gasteiger partial charge is 0.369 e.